The van der Waals surface area contributed by atoms with Crippen LogP contribution in [0.2, 0.25) is 0 Å². The molecule has 90 valence electrons. The lowest BCUT2D eigenvalue weighted by Gasteiger charge is -2.23. The van der Waals surface area contributed by atoms with Crippen LogP contribution in [0, 0.1) is 0 Å². The van der Waals surface area contributed by atoms with Gasteiger partial charge in [0.15, 0.2) is 0 Å². The van der Waals surface area contributed by atoms with Gasteiger partial charge >= 0.3 is 5.69 Å². The number of hydrogen-bond acceptors (Lipinski definition) is 1. The van der Waals surface area contributed by atoms with E-state index in [1.165, 1.54) is 19.3 Å². The average Bonchev–Trinajstić information content (AvgIpc) is 2.68. The maximum Gasteiger partial charge on any atom is 0.326 e. The van der Waals surface area contributed by atoms with Gasteiger partial charge in [-0.15, -0.1) is 0 Å². The molecular weight excluding hydrogens is 280 g/mol. The largest absolute Gasteiger partial charge is 0.326 e. The van der Waals surface area contributed by atoms with E-state index < -0.39 is 0 Å². The number of aromatic amines is 1. The molecule has 1 aliphatic rings. The van der Waals surface area contributed by atoms with Crippen molar-refractivity contribution in [3.05, 3.63) is 33.2 Å². The zero-order chi connectivity index (χ0) is 11.8. The van der Waals surface area contributed by atoms with Gasteiger partial charge in [-0.2, -0.15) is 0 Å². The maximum absolute atomic E-state index is 12.1. The molecule has 0 unspecified atom stereocenters. The summed E-state index contributed by atoms with van der Waals surface area (Å²) in [6, 6.07) is 6.27. The van der Waals surface area contributed by atoms with Crippen molar-refractivity contribution < 1.29 is 0 Å². The summed E-state index contributed by atoms with van der Waals surface area (Å²) in [6.07, 6.45) is 6.00. The summed E-state index contributed by atoms with van der Waals surface area (Å²) in [4.78, 5) is 15.0. The Balaban J connectivity index is 2.20. The van der Waals surface area contributed by atoms with Gasteiger partial charge in [-0.25, -0.2) is 4.79 Å². The number of hydrogen-bond donors (Lipinski definition) is 1. The lowest BCUT2D eigenvalue weighted by atomic mass is 9.95. The summed E-state index contributed by atoms with van der Waals surface area (Å²) < 4.78 is 2.94. The summed E-state index contributed by atoms with van der Waals surface area (Å²) in [5.74, 6) is 0. The fourth-order valence-electron chi connectivity index (χ4n) is 2.83. The average molecular weight is 295 g/mol. The number of imidazole rings is 1. The highest BCUT2D eigenvalue weighted by molar-refractivity contribution is 9.10. The highest BCUT2D eigenvalue weighted by Gasteiger charge is 2.20. The molecule has 1 aliphatic carbocycles. The lowest BCUT2D eigenvalue weighted by molar-refractivity contribution is 0.353. The summed E-state index contributed by atoms with van der Waals surface area (Å²) in [6.45, 7) is 0. The van der Waals surface area contributed by atoms with E-state index in [4.69, 9.17) is 0 Å². The van der Waals surface area contributed by atoms with Crippen LogP contribution in [-0.4, -0.2) is 9.55 Å². The Morgan fingerprint density at radius 1 is 1.24 bits per heavy atom. The Morgan fingerprint density at radius 2 is 2.00 bits per heavy atom. The summed E-state index contributed by atoms with van der Waals surface area (Å²) in [5.41, 5.74) is 1.97. The molecule has 1 saturated carbocycles. The number of nitrogens with zero attached hydrogens (tertiary/aromatic N) is 1. The molecule has 17 heavy (non-hydrogen) atoms. The molecule has 0 atom stereocenters. The first-order valence-electron chi connectivity index (χ1n) is 6.16. The highest BCUT2D eigenvalue weighted by atomic mass is 79.9. The second kappa shape index (κ2) is 4.33. The highest BCUT2D eigenvalue weighted by Crippen LogP contribution is 2.31. The van der Waals surface area contributed by atoms with Gasteiger partial charge in [-0.3, -0.25) is 4.57 Å². The van der Waals surface area contributed by atoms with Crippen molar-refractivity contribution in [1.82, 2.24) is 9.55 Å². The quantitative estimate of drug-likeness (QED) is 0.857. The van der Waals surface area contributed by atoms with Gasteiger partial charge in [0.2, 0.25) is 0 Å². The SMILES string of the molecule is O=c1[nH]c2cccc(Br)c2n1C1CCCCC1. The summed E-state index contributed by atoms with van der Waals surface area (Å²) >= 11 is 3.55. The molecule has 0 spiro atoms. The van der Waals surface area contributed by atoms with Crippen molar-refractivity contribution in [2.45, 2.75) is 38.1 Å². The van der Waals surface area contributed by atoms with Crippen molar-refractivity contribution in [2.24, 2.45) is 0 Å². The van der Waals surface area contributed by atoms with Crippen LogP contribution in [0.1, 0.15) is 38.1 Å². The van der Waals surface area contributed by atoms with E-state index in [1.807, 2.05) is 22.8 Å². The van der Waals surface area contributed by atoms with E-state index >= 15 is 0 Å². The fraction of sp³-hybridized carbons (Fsp3) is 0.462. The number of fused-ring (bicyclic) bond motifs is 1. The normalized spacial score (nSPS) is 17.7. The first-order valence-corrected chi connectivity index (χ1v) is 6.95. The van der Waals surface area contributed by atoms with E-state index in [-0.39, 0.29) is 5.69 Å². The molecule has 1 aromatic carbocycles. The molecule has 1 heterocycles. The van der Waals surface area contributed by atoms with Crippen LogP contribution in [0.5, 0.6) is 0 Å². The molecule has 0 aliphatic heterocycles. The lowest BCUT2D eigenvalue weighted by Crippen LogP contribution is -2.24. The van der Waals surface area contributed by atoms with Crippen LogP contribution in [0.15, 0.2) is 27.5 Å². The molecule has 2 aromatic rings. The van der Waals surface area contributed by atoms with Gasteiger partial charge in [-0.1, -0.05) is 25.3 Å². The molecule has 1 N–H and O–H groups in total. The van der Waals surface area contributed by atoms with Gasteiger partial charge in [0.1, 0.15) is 0 Å². The molecular formula is C13H15BrN2O. The van der Waals surface area contributed by atoms with Crippen LogP contribution in [0.3, 0.4) is 0 Å². The second-order valence-electron chi connectivity index (χ2n) is 4.73. The third-order valence-corrected chi connectivity index (χ3v) is 4.27. The zero-order valence-corrected chi connectivity index (χ0v) is 11.2. The fourth-order valence-corrected chi connectivity index (χ4v) is 3.38. The third kappa shape index (κ3) is 1.84. The molecule has 0 amide bonds. The van der Waals surface area contributed by atoms with Gasteiger partial charge in [0.25, 0.3) is 0 Å². The smallest absolute Gasteiger partial charge is 0.305 e. The predicted molar refractivity (Wildman–Crippen MR) is 72.4 cm³/mol. The number of benzene rings is 1. The Labute approximate surface area is 108 Å². The molecule has 1 fully saturated rings. The summed E-state index contributed by atoms with van der Waals surface area (Å²) in [7, 11) is 0. The molecule has 4 heteroatoms. The van der Waals surface area contributed by atoms with Crippen LogP contribution >= 0.6 is 15.9 Å². The van der Waals surface area contributed by atoms with E-state index in [9.17, 15) is 4.79 Å². The van der Waals surface area contributed by atoms with E-state index in [2.05, 4.69) is 20.9 Å². The van der Waals surface area contributed by atoms with Crippen LogP contribution in [-0.2, 0) is 0 Å². The summed E-state index contributed by atoms with van der Waals surface area (Å²) in [5, 5.41) is 0. The predicted octanol–water partition coefficient (Wildman–Crippen LogP) is 3.60. The van der Waals surface area contributed by atoms with Crippen molar-refractivity contribution in [2.75, 3.05) is 0 Å². The number of rotatable bonds is 1. The van der Waals surface area contributed by atoms with E-state index in [0.29, 0.717) is 6.04 Å². The first-order chi connectivity index (χ1) is 8.27. The van der Waals surface area contributed by atoms with Gasteiger partial charge in [0, 0.05) is 10.5 Å². The van der Waals surface area contributed by atoms with Crippen molar-refractivity contribution in [3.8, 4) is 0 Å². The Morgan fingerprint density at radius 3 is 2.76 bits per heavy atom. The third-order valence-electron chi connectivity index (χ3n) is 3.63. The van der Waals surface area contributed by atoms with Crippen LogP contribution < -0.4 is 5.69 Å². The van der Waals surface area contributed by atoms with Crippen LogP contribution in [0.4, 0.5) is 0 Å². The van der Waals surface area contributed by atoms with E-state index in [1.54, 1.807) is 0 Å². The maximum atomic E-state index is 12.1. The molecule has 3 rings (SSSR count). The molecule has 0 radical (unpaired) electrons. The van der Waals surface area contributed by atoms with Gasteiger partial charge in [-0.05, 0) is 40.9 Å². The zero-order valence-electron chi connectivity index (χ0n) is 9.58. The molecule has 0 bridgehead atoms. The molecule has 3 nitrogen and oxygen atoms in total. The van der Waals surface area contributed by atoms with Crippen LogP contribution in [0.25, 0.3) is 11.0 Å². The van der Waals surface area contributed by atoms with Crippen molar-refractivity contribution in [3.63, 3.8) is 0 Å². The topological polar surface area (TPSA) is 37.8 Å². The number of nitrogens with one attached hydrogen (secondary N) is 1. The number of para-hydroxylation sites is 1. The van der Waals surface area contributed by atoms with E-state index in [0.717, 1.165) is 28.3 Å². The first kappa shape index (κ1) is 11.1. The van der Waals surface area contributed by atoms with Gasteiger partial charge < -0.3 is 4.98 Å². The van der Waals surface area contributed by atoms with Crippen molar-refractivity contribution >= 4 is 27.0 Å². The number of H-pyrrole nitrogens is 1. The molecule has 1 aromatic heterocycles. The molecule has 0 saturated heterocycles. The minimum Gasteiger partial charge on any atom is -0.305 e. The minimum absolute atomic E-state index is 0.0267. The Hall–Kier alpha value is -1.03. The van der Waals surface area contributed by atoms with Gasteiger partial charge in [0.05, 0.1) is 11.0 Å². The minimum atomic E-state index is 0.0267. The monoisotopic (exact) mass is 294 g/mol. The number of aromatic nitrogens is 2. The number of halogens is 1. The Kier molecular flexibility index (Phi) is 2.82. The van der Waals surface area contributed by atoms with Crippen molar-refractivity contribution in [1.29, 1.82) is 0 Å². The standard InChI is InChI=1S/C13H15BrN2O/c14-10-7-4-8-11-12(10)16(13(17)15-11)9-5-2-1-3-6-9/h4,7-9H,1-3,5-6H2,(H,15,17). The second-order valence-corrected chi connectivity index (χ2v) is 5.58. The Bertz CT molecular complexity index is 593.